The molecule has 0 radical (unpaired) electrons. The van der Waals surface area contributed by atoms with E-state index in [2.05, 4.69) is 10.5 Å². The number of thiocarbonyl (C=S) groups is 1. The van der Waals surface area contributed by atoms with Crippen molar-refractivity contribution >= 4 is 23.5 Å². The average molecular weight is 129 g/mol. The summed E-state index contributed by atoms with van der Waals surface area (Å²) in [6.07, 6.45) is 1.70. The molecule has 1 N–H and O–H groups in total. The Hall–Kier alpha value is -0.640. The van der Waals surface area contributed by atoms with Crippen molar-refractivity contribution in [1.29, 1.82) is 0 Å². The smallest absolute Gasteiger partial charge is 0.115 e. The van der Waals surface area contributed by atoms with Crippen LogP contribution in [0.15, 0.2) is 5.10 Å². The first-order chi connectivity index (χ1) is 3.79. The third kappa shape index (κ3) is 1.16. The predicted octanol–water partition coefficient (Wildman–Crippen LogP) is -0.208. The van der Waals surface area contributed by atoms with Gasteiger partial charge in [-0.15, -0.1) is 0 Å². The Bertz CT molecular complexity index is 131. The van der Waals surface area contributed by atoms with E-state index < -0.39 is 0 Å². The van der Waals surface area contributed by atoms with Gasteiger partial charge in [0.1, 0.15) is 11.3 Å². The van der Waals surface area contributed by atoms with Gasteiger partial charge in [0.25, 0.3) is 0 Å². The second kappa shape index (κ2) is 2.09. The molecule has 0 saturated heterocycles. The molecule has 0 unspecified atom stereocenters. The lowest BCUT2D eigenvalue weighted by atomic mass is 10.6. The van der Waals surface area contributed by atoms with Gasteiger partial charge < -0.3 is 4.90 Å². The van der Waals surface area contributed by atoms with E-state index in [9.17, 15) is 0 Å². The molecule has 44 valence electrons. The number of hydrogen-bond acceptors (Lipinski definition) is 3. The molecule has 1 aliphatic heterocycles. The number of likely N-dealkylation sites (N-methyl/N-ethyl adjacent to an activating group) is 1. The maximum absolute atomic E-state index is 4.82. The van der Waals surface area contributed by atoms with Gasteiger partial charge >= 0.3 is 0 Å². The monoisotopic (exact) mass is 129 g/mol. The summed E-state index contributed by atoms with van der Waals surface area (Å²) in [5, 5.41) is 3.75. The second-order valence-corrected chi connectivity index (χ2v) is 2.19. The number of nitrogens with one attached hydrogen (secondary N) is 1. The zero-order valence-corrected chi connectivity index (χ0v) is 5.40. The van der Waals surface area contributed by atoms with Crippen LogP contribution in [0.3, 0.4) is 0 Å². The highest BCUT2D eigenvalue weighted by Gasteiger charge is 2.01. The van der Waals surface area contributed by atoms with Crippen LogP contribution in [0.1, 0.15) is 0 Å². The van der Waals surface area contributed by atoms with Gasteiger partial charge in [-0.2, -0.15) is 5.10 Å². The van der Waals surface area contributed by atoms with Crippen molar-refractivity contribution in [2.24, 2.45) is 5.10 Å². The number of rotatable bonds is 0. The summed E-state index contributed by atoms with van der Waals surface area (Å²) >= 11 is 4.82. The number of nitrogens with zero attached hydrogens (tertiary/aromatic N) is 2. The summed E-state index contributed by atoms with van der Waals surface area (Å²) in [5.41, 5.74) is 2.67. The van der Waals surface area contributed by atoms with E-state index in [4.69, 9.17) is 12.2 Å². The summed E-state index contributed by atoms with van der Waals surface area (Å²) in [6, 6.07) is 0. The fourth-order valence-electron chi connectivity index (χ4n) is 0.502. The zero-order chi connectivity index (χ0) is 5.98. The van der Waals surface area contributed by atoms with Crippen molar-refractivity contribution in [3.05, 3.63) is 0 Å². The van der Waals surface area contributed by atoms with Crippen molar-refractivity contribution in [1.82, 2.24) is 10.3 Å². The van der Waals surface area contributed by atoms with E-state index in [1.165, 1.54) is 0 Å². The Morgan fingerprint density at radius 3 is 3.12 bits per heavy atom. The molecule has 1 rings (SSSR count). The fraction of sp³-hybridized carbons (Fsp3) is 0.500. The molecule has 0 aromatic carbocycles. The van der Waals surface area contributed by atoms with Gasteiger partial charge in [-0.05, 0) is 0 Å². The Morgan fingerprint density at radius 2 is 2.75 bits per heavy atom. The van der Waals surface area contributed by atoms with Crippen molar-refractivity contribution in [3.63, 3.8) is 0 Å². The molecule has 0 aromatic heterocycles. The average Bonchev–Trinajstić information content (AvgIpc) is 1.64. The van der Waals surface area contributed by atoms with Gasteiger partial charge in [-0.1, -0.05) is 12.2 Å². The van der Waals surface area contributed by atoms with Crippen molar-refractivity contribution in [2.45, 2.75) is 0 Å². The Morgan fingerprint density at radius 1 is 2.00 bits per heavy atom. The van der Waals surface area contributed by atoms with Crippen LogP contribution in [0.2, 0.25) is 0 Å². The van der Waals surface area contributed by atoms with Crippen LogP contribution < -0.4 is 5.43 Å². The molecule has 0 aliphatic carbocycles. The molecule has 1 heterocycles. The zero-order valence-electron chi connectivity index (χ0n) is 4.59. The maximum atomic E-state index is 4.82. The van der Waals surface area contributed by atoms with Crippen LogP contribution >= 0.6 is 12.2 Å². The van der Waals surface area contributed by atoms with Crippen LogP contribution in [-0.4, -0.2) is 29.8 Å². The molecule has 8 heavy (non-hydrogen) atoms. The lowest BCUT2D eigenvalue weighted by molar-refractivity contribution is 0.573. The summed E-state index contributed by atoms with van der Waals surface area (Å²) in [7, 11) is 1.93. The van der Waals surface area contributed by atoms with Crippen LogP contribution in [0.25, 0.3) is 0 Å². The standard InChI is InChI=1S/C4H7N3S/c1-7-2-4(8)6-5-3-7/h3H,2H2,1H3,(H,6,8). The first-order valence-electron chi connectivity index (χ1n) is 2.31. The van der Waals surface area contributed by atoms with E-state index in [-0.39, 0.29) is 0 Å². The van der Waals surface area contributed by atoms with E-state index >= 15 is 0 Å². The maximum Gasteiger partial charge on any atom is 0.115 e. The van der Waals surface area contributed by atoms with Crippen LogP contribution in [0, 0.1) is 0 Å². The van der Waals surface area contributed by atoms with Crippen LogP contribution in [0.4, 0.5) is 0 Å². The van der Waals surface area contributed by atoms with Crippen molar-refractivity contribution in [2.75, 3.05) is 13.6 Å². The Balaban J connectivity index is 2.54. The summed E-state index contributed by atoms with van der Waals surface area (Å²) < 4.78 is 0. The molecule has 0 amide bonds. The SMILES string of the molecule is CN1C=NNC(=S)C1. The molecule has 4 heteroatoms. The lowest BCUT2D eigenvalue weighted by Crippen LogP contribution is -2.35. The topological polar surface area (TPSA) is 27.6 Å². The van der Waals surface area contributed by atoms with Crippen LogP contribution in [-0.2, 0) is 0 Å². The minimum absolute atomic E-state index is 0.773. The van der Waals surface area contributed by atoms with Gasteiger partial charge in [-0.25, -0.2) is 0 Å². The van der Waals surface area contributed by atoms with Gasteiger partial charge in [0.05, 0.1) is 6.54 Å². The van der Waals surface area contributed by atoms with Crippen LogP contribution in [0.5, 0.6) is 0 Å². The van der Waals surface area contributed by atoms with Gasteiger partial charge in [0.2, 0.25) is 0 Å². The van der Waals surface area contributed by atoms with Gasteiger partial charge in [0.15, 0.2) is 0 Å². The molecule has 0 spiro atoms. The van der Waals surface area contributed by atoms with Gasteiger partial charge in [-0.3, -0.25) is 5.43 Å². The Labute approximate surface area is 53.4 Å². The molecular weight excluding hydrogens is 122 g/mol. The normalized spacial score (nSPS) is 18.6. The molecule has 0 bridgehead atoms. The fourth-order valence-corrected chi connectivity index (χ4v) is 0.758. The molecule has 3 nitrogen and oxygen atoms in total. The first-order valence-corrected chi connectivity index (χ1v) is 2.72. The molecule has 1 aliphatic rings. The van der Waals surface area contributed by atoms with Crippen molar-refractivity contribution in [3.8, 4) is 0 Å². The summed E-state index contributed by atoms with van der Waals surface area (Å²) in [4.78, 5) is 2.69. The van der Waals surface area contributed by atoms with Crippen molar-refractivity contribution < 1.29 is 0 Å². The van der Waals surface area contributed by atoms with E-state index in [0.717, 1.165) is 11.5 Å². The number of hydrogen-bond donors (Lipinski definition) is 1. The molecule has 0 aromatic rings. The lowest BCUT2D eigenvalue weighted by Gasteiger charge is -2.17. The van der Waals surface area contributed by atoms with Gasteiger partial charge in [0, 0.05) is 7.05 Å². The number of hydrazone groups is 1. The van der Waals surface area contributed by atoms with E-state index in [1.807, 2.05) is 11.9 Å². The largest absolute Gasteiger partial charge is 0.357 e. The highest BCUT2D eigenvalue weighted by atomic mass is 32.1. The summed E-state index contributed by atoms with van der Waals surface area (Å²) in [5.74, 6) is 0. The molecule has 0 saturated carbocycles. The molecule has 0 atom stereocenters. The highest BCUT2D eigenvalue weighted by molar-refractivity contribution is 7.80. The van der Waals surface area contributed by atoms with E-state index in [0.29, 0.717) is 0 Å². The van der Waals surface area contributed by atoms with E-state index in [1.54, 1.807) is 6.34 Å². The highest BCUT2D eigenvalue weighted by Crippen LogP contribution is 1.84. The third-order valence-electron chi connectivity index (χ3n) is 0.837. The summed E-state index contributed by atoms with van der Waals surface area (Å²) in [6.45, 7) is 0.777. The third-order valence-corrected chi connectivity index (χ3v) is 1.06. The molecule has 0 fully saturated rings. The first kappa shape index (κ1) is 5.50. The minimum atomic E-state index is 0.773. The molecular formula is C4H7N3S. The minimum Gasteiger partial charge on any atom is -0.357 e. The predicted molar refractivity (Wildman–Crippen MR) is 36.9 cm³/mol. The second-order valence-electron chi connectivity index (χ2n) is 1.69. The Kier molecular flexibility index (Phi) is 1.43. The quantitative estimate of drug-likeness (QED) is 0.459.